The SMILES string of the molecule is CC/C(=C\CC(=O)O)c1cc(Cl)cc(Cl)c1. The maximum atomic E-state index is 10.5. The Kier molecular flexibility index (Phi) is 4.84. The first kappa shape index (κ1) is 13.1. The van der Waals surface area contributed by atoms with Crippen LogP contribution in [-0.4, -0.2) is 11.1 Å². The van der Waals surface area contributed by atoms with Crippen molar-refractivity contribution in [2.24, 2.45) is 0 Å². The number of carbonyl (C=O) groups is 1. The fourth-order valence-electron chi connectivity index (χ4n) is 1.42. The van der Waals surface area contributed by atoms with Gasteiger partial charge in [0.2, 0.25) is 0 Å². The van der Waals surface area contributed by atoms with E-state index in [-0.39, 0.29) is 6.42 Å². The van der Waals surface area contributed by atoms with Gasteiger partial charge in [0.05, 0.1) is 6.42 Å². The summed E-state index contributed by atoms with van der Waals surface area (Å²) in [6.45, 7) is 1.96. The average Bonchev–Trinajstić information content (AvgIpc) is 2.16. The Labute approximate surface area is 104 Å². The molecule has 0 bridgehead atoms. The van der Waals surface area contributed by atoms with E-state index >= 15 is 0 Å². The lowest BCUT2D eigenvalue weighted by molar-refractivity contribution is -0.135. The fourth-order valence-corrected chi connectivity index (χ4v) is 1.94. The van der Waals surface area contributed by atoms with E-state index in [1.807, 2.05) is 6.92 Å². The first-order chi connectivity index (χ1) is 7.52. The van der Waals surface area contributed by atoms with Gasteiger partial charge in [-0.25, -0.2) is 0 Å². The zero-order chi connectivity index (χ0) is 12.1. The van der Waals surface area contributed by atoms with E-state index in [4.69, 9.17) is 28.3 Å². The minimum atomic E-state index is -0.848. The lowest BCUT2D eigenvalue weighted by Crippen LogP contribution is -1.92. The third kappa shape index (κ3) is 3.87. The van der Waals surface area contributed by atoms with Crippen molar-refractivity contribution in [3.8, 4) is 0 Å². The largest absolute Gasteiger partial charge is 0.481 e. The predicted molar refractivity (Wildman–Crippen MR) is 67.0 cm³/mol. The molecule has 2 nitrogen and oxygen atoms in total. The highest BCUT2D eigenvalue weighted by molar-refractivity contribution is 6.34. The highest BCUT2D eigenvalue weighted by atomic mass is 35.5. The van der Waals surface area contributed by atoms with Crippen LogP contribution >= 0.6 is 23.2 Å². The normalized spacial score (nSPS) is 11.6. The summed E-state index contributed by atoms with van der Waals surface area (Å²) >= 11 is 11.8. The summed E-state index contributed by atoms with van der Waals surface area (Å²) in [7, 11) is 0. The minimum Gasteiger partial charge on any atom is -0.481 e. The Morgan fingerprint density at radius 2 is 1.88 bits per heavy atom. The monoisotopic (exact) mass is 258 g/mol. The standard InChI is InChI=1S/C12H12Cl2O2/c1-2-8(3-4-12(15)16)9-5-10(13)7-11(14)6-9/h3,5-7H,2,4H2,1H3,(H,15,16)/b8-3+. The molecule has 0 radical (unpaired) electrons. The number of carboxylic acids is 1. The Balaban J connectivity index is 3.03. The Morgan fingerprint density at radius 1 is 1.31 bits per heavy atom. The van der Waals surface area contributed by atoms with Crippen LogP contribution < -0.4 is 0 Å². The second-order valence-corrected chi connectivity index (χ2v) is 4.21. The first-order valence-electron chi connectivity index (χ1n) is 4.90. The third-order valence-corrected chi connectivity index (χ3v) is 2.57. The van der Waals surface area contributed by atoms with Crippen LogP contribution in [0.25, 0.3) is 5.57 Å². The summed E-state index contributed by atoms with van der Waals surface area (Å²) in [5.41, 5.74) is 1.81. The lowest BCUT2D eigenvalue weighted by Gasteiger charge is -2.06. The van der Waals surface area contributed by atoms with Crippen LogP contribution in [0.2, 0.25) is 10.0 Å². The predicted octanol–water partition coefficient (Wildman–Crippen LogP) is 4.26. The van der Waals surface area contributed by atoms with Crippen molar-refractivity contribution in [1.82, 2.24) is 0 Å². The van der Waals surface area contributed by atoms with E-state index in [1.54, 1.807) is 24.3 Å². The van der Waals surface area contributed by atoms with Gasteiger partial charge in [-0.15, -0.1) is 0 Å². The minimum absolute atomic E-state index is 0.00725. The molecule has 4 heteroatoms. The Hall–Kier alpha value is -0.990. The summed E-state index contributed by atoms with van der Waals surface area (Å²) in [5, 5.41) is 9.72. The molecule has 0 saturated heterocycles. The van der Waals surface area contributed by atoms with Gasteiger partial charge in [-0.05, 0) is 35.8 Å². The molecule has 0 aliphatic carbocycles. The number of rotatable bonds is 4. The second-order valence-electron chi connectivity index (χ2n) is 3.34. The third-order valence-electron chi connectivity index (χ3n) is 2.14. The lowest BCUT2D eigenvalue weighted by atomic mass is 10.0. The van der Waals surface area contributed by atoms with Crippen LogP contribution in [-0.2, 0) is 4.79 Å². The van der Waals surface area contributed by atoms with Crippen LogP contribution in [0.5, 0.6) is 0 Å². The molecule has 0 atom stereocenters. The molecule has 0 aromatic heterocycles. The van der Waals surface area contributed by atoms with Gasteiger partial charge in [-0.2, -0.15) is 0 Å². The van der Waals surface area contributed by atoms with Gasteiger partial charge in [0.25, 0.3) is 0 Å². The number of allylic oxidation sites excluding steroid dienone is 1. The van der Waals surface area contributed by atoms with E-state index in [2.05, 4.69) is 0 Å². The summed E-state index contributed by atoms with van der Waals surface area (Å²) in [5.74, 6) is -0.848. The molecule has 0 aliphatic heterocycles. The average molecular weight is 259 g/mol. The molecule has 1 rings (SSSR count). The molecule has 0 fully saturated rings. The van der Waals surface area contributed by atoms with Crippen LogP contribution in [0.15, 0.2) is 24.3 Å². The number of carboxylic acid groups (broad SMARTS) is 1. The molecule has 0 unspecified atom stereocenters. The zero-order valence-electron chi connectivity index (χ0n) is 8.84. The molecule has 0 aliphatic rings. The van der Waals surface area contributed by atoms with Crippen LogP contribution in [0.4, 0.5) is 0 Å². The molecule has 0 amide bonds. The van der Waals surface area contributed by atoms with Crippen LogP contribution in [0.1, 0.15) is 25.3 Å². The van der Waals surface area contributed by atoms with E-state index in [9.17, 15) is 4.79 Å². The highest BCUT2D eigenvalue weighted by Crippen LogP contribution is 2.26. The van der Waals surface area contributed by atoms with Gasteiger partial charge in [-0.3, -0.25) is 4.79 Å². The second kappa shape index (κ2) is 5.92. The van der Waals surface area contributed by atoms with Crippen molar-refractivity contribution in [3.05, 3.63) is 39.9 Å². The number of hydrogen-bond donors (Lipinski definition) is 1. The Morgan fingerprint density at radius 3 is 2.31 bits per heavy atom. The van der Waals surface area contributed by atoms with Crippen LogP contribution in [0, 0.1) is 0 Å². The smallest absolute Gasteiger partial charge is 0.307 e. The molecule has 0 heterocycles. The fraction of sp³-hybridized carbons (Fsp3) is 0.250. The molecule has 1 aromatic rings. The van der Waals surface area contributed by atoms with Gasteiger partial charge in [0.15, 0.2) is 0 Å². The summed E-state index contributed by atoms with van der Waals surface area (Å²) < 4.78 is 0. The molecule has 16 heavy (non-hydrogen) atoms. The van der Waals surface area contributed by atoms with E-state index in [1.165, 1.54) is 0 Å². The van der Waals surface area contributed by atoms with Crippen molar-refractivity contribution in [3.63, 3.8) is 0 Å². The maximum absolute atomic E-state index is 10.5. The van der Waals surface area contributed by atoms with Crippen molar-refractivity contribution in [2.45, 2.75) is 19.8 Å². The highest BCUT2D eigenvalue weighted by Gasteiger charge is 2.03. The van der Waals surface area contributed by atoms with E-state index in [0.29, 0.717) is 10.0 Å². The number of aliphatic carboxylic acids is 1. The number of hydrogen-bond acceptors (Lipinski definition) is 1. The molecule has 1 aromatic carbocycles. The van der Waals surface area contributed by atoms with Gasteiger partial charge < -0.3 is 5.11 Å². The summed E-state index contributed by atoms with van der Waals surface area (Å²) in [6.07, 6.45) is 2.43. The molecular weight excluding hydrogens is 247 g/mol. The van der Waals surface area contributed by atoms with Gasteiger partial charge in [0, 0.05) is 10.0 Å². The molecule has 0 spiro atoms. The van der Waals surface area contributed by atoms with Crippen molar-refractivity contribution < 1.29 is 9.90 Å². The van der Waals surface area contributed by atoms with Crippen molar-refractivity contribution in [2.75, 3.05) is 0 Å². The van der Waals surface area contributed by atoms with Crippen molar-refractivity contribution in [1.29, 1.82) is 0 Å². The maximum Gasteiger partial charge on any atom is 0.307 e. The van der Waals surface area contributed by atoms with Crippen molar-refractivity contribution >= 4 is 34.7 Å². The molecule has 0 saturated carbocycles. The quantitative estimate of drug-likeness (QED) is 0.877. The molecule has 86 valence electrons. The van der Waals surface area contributed by atoms with E-state index < -0.39 is 5.97 Å². The summed E-state index contributed by atoms with van der Waals surface area (Å²) in [4.78, 5) is 10.5. The topological polar surface area (TPSA) is 37.3 Å². The van der Waals surface area contributed by atoms with Gasteiger partial charge in [-0.1, -0.05) is 36.2 Å². The van der Waals surface area contributed by atoms with Gasteiger partial charge in [0.1, 0.15) is 0 Å². The van der Waals surface area contributed by atoms with Gasteiger partial charge >= 0.3 is 5.97 Å². The summed E-state index contributed by atoms with van der Waals surface area (Å²) in [6, 6.07) is 5.21. The van der Waals surface area contributed by atoms with E-state index in [0.717, 1.165) is 17.6 Å². The Bertz CT molecular complexity index is 405. The zero-order valence-corrected chi connectivity index (χ0v) is 10.3. The number of halogens is 2. The first-order valence-corrected chi connectivity index (χ1v) is 5.65. The molecule has 1 N–H and O–H groups in total. The number of benzene rings is 1. The van der Waals surface area contributed by atoms with Crippen LogP contribution in [0.3, 0.4) is 0 Å². The molecular formula is C12H12Cl2O2.